The van der Waals surface area contributed by atoms with Crippen LogP contribution in [0, 0.1) is 0 Å². The number of hydrogen-bond donors (Lipinski definition) is 1. The van der Waals surface area contributed by atoms with Gasteiger partial charge in [0, 0.05) is 11.3 Å². The van der Waals surface area contributed by atoms with E-state index in [1.807, 2.05) is 0 Å². The van der Waals surface area contributed by atoms with E-state index in [0.717, 1.165) is 0 Å². The van der Waals surface area contributed by atoms with Crippen molar-refractivity contribution < 1.29 is 19.4 Å². The average molecular weight is 273 g/mol. The molecule has 0 saturated heterocycles. The van der Waals surface area contributed by atoms with Crippen molar-refractivity contribution in [3.8, 4) is 5.75 Å². The fourth-order valence-corrected chi connectivity index (χ4v) is 2.79. The highest BCUT2D eigenvalue weighted by Crippen LogP contribution is 2.40. The van der Waals surface area contributed by atoms with E-state index in [1.165, 1.54) is 17.8 Å². The first-order chi connectivity index (χ1) is 8.06. The van der Waals surface area contributed by atoms with Crippen LogP contribution in [0.2, 0.25) is 5.02 Å². The van der Waals surface area contributed by atoms with Crippen LogP contribution in [0.3, 0.4) is 0 Å². The van der Waals surface area contributed by atoms with E-state index >= 15 is 0 Å². The minimum atomic E-state index is -1.10. The zero-order valence-corrected chi connectivity index (χ0v) is 10.5. The first kappa shape index (κ1) is 12.3. The van der Waals surface area contributed by atoms with Crippen LogP contribution in [0.5, 0.6) is 5.75 Å². The molecule has 1 aliphatic heterocycles. The Labute approximate surface area is 107 Å². The maximum atomic E-state index is 11.8. The number of ether oxygens (including phenoxy) is 1. The van der Waals surface area contributed by atoms with Crippen LogP contribution in [0.15, 0.2) is 11.0 Å². The lowest BCUT2D eigenvalue weighted by Gasteiger charge is -2.21. The molecule has 1 N–H and O–H groups in total. The molecule has 6 heteroatoms. The number of carboxylic acid groups (broad SMARTS) is 1. The predicted octanol–water partition coefficient (Wildman–Crippen LogP) is 2.73. The summed E-state index contributed by atoms with van der Waals surface area (Å²) < 4.78 is 5.34. The average Bonchev–Trinajstić information content (AvgIpc) is 2.29. The summed E-state index contributed by atoms with van der Waals surface area (Å²) in [4.78, 5) is 23.4. The fourth-order valence-electron chi connectivity index (χ4n) is 1.75. The Morgan fingerprint density at radius 2 is 2.29 bits per heavy atom. The van der Waals surface area contributed by atoms with E-state index in [2.05, 4.69) is 0 Å². The lowest BCUT2D eigenvalue weighted by atomic mass is 10.0. The van der Waals surface area contributed by atoms with Gasteiger partial charge in [0.2, 0.25) is 0 Å². The van der Waals surface area contributed by atoms with Gasteiger partial charge in [0.15, 0.2) is 5.78 Å². The third kappa shape index (κ3) is 2.00. The Balaban J connectivity index is 2.76. The Hall–Kier alpha value is -1.20. The van der Waals surface area contributed by atoms with Gasteiger partial charge >= 0.3 is 5.97 Å². The summed E-state index contributed by atoms with van der Waals surface area (Å²) in [5, 5.41) is 9.25. The molecule has 1 aromatic rings. The number of ketones is 1. The van der Waals surface area contributed by atoms with E-state index in [1.54, 1.807) is 6.26 Å². The van der Waals surface area contributed by atoms with Crippen LogP contribution in [0.25, 0.3) is 0 Å². The molecule has 0 bridgehead atoms. The number of aromatic carboxylic acids is 1. The molecule has 90 valence electrons. The Morgan fingerprint density at radius 1 is 1.59 bits per heavy atom. The highest BCUT2D eigenvalue weighted by atomic mass is 35.5. The molecule has 2 rings (SSSR count). The number of benzene rings is 1. The first-order valence-electron chi connectivity index (χ1n) is 4.86. The summed E-state index contributed by atoms with van der Waals surface area (Å²) in [5.74, 6) is -0.921. The molecular formula is C11H9ClO4S. The maximum absolute atomic E-state index is 11.8. The zero-order valence-electron chi connectivity index (χ0n) is 8.95. The predicted molar refractivity (Wildman–Crippen MR) is 64.6 cm³/mol. The number of carboxylic acids is 1. The molecule has 0 unspecified atom stereocenters. The van der Waals surface area contributed by atoms with Crippen LogP contribution < -0.4 is 4.74 Å². The molecule has 1 aromatic carbocycles. The van der Waals surface area contributed by atoms with E-state index in [9.17, 15) is 9.59 Å². The van der Waals surface area contributed by atoms with Crippen molar-refractivity contribution in [1.29, 1.82) is 0 Å². The molecule has 4 nitrogen and oxygen atoms in total. The van der Waals surface area contributed by atoms with Gasteiger partial charge in [-0.05, 0) is 12.3 Å². The lowest BCUT2D eigenvalue weighted by Crippen LogP contribution is -2.18. The van der Waals surface area contributed by atoms with Gasteiger partial charge in [-0.1, -0.05) is 11.6 Å². The molecular weight excluding hydrogens is 264 g/mol. The number of fused-ring (bicyclic) bond motifs is 1. The van der Waals surface area contributed by atoms with Gasteiger partial charge in [-0.3, -0.25) is 4.79 Å². The van der Waals surface area contributed by atoms with Crippen LogP contribution >= 0.6 is 23.4 Å². The summed E-state index contributed by atoms with van der Waals surface area (Å²) in [6.07, 6.45) is 1.97. The van der Waals surface area contributed by atoms with Crippen molar-refractivity contribution in [2.45, 2.75) is 11.3 Å². The first-order valence-corrected chi connectivity index (χ1v) is 6.46. The van der Waals surface area contributed by atoms with Gasteiger partial charge in [-0.15, -0.1) is 11.8 Å². The lowest BCUT2D eigenvalue weighted by molar-refractivity contribution is 0.0693. The zero-order chi connectivity index (χ0) is 12.6. The van der Waals surface area contributed by atoms with Crippen molar-refractivity contribution in [3.05, 3.63) is 22.2 Å². The Bertz CT molecular complexity index is 513. The summed E-state index contributed by atoms with van der Waals surface area (Å²) in [6, 6.07) is 1.33. The number of carbonyl (C=O) groups is 2. The van der Waals surface area contributed by atoms with E-state index in [4.69, 9.17) is 21.4 Å². The molecule has 17 heavy (non-hydrogen) atoms. The second-order valence-corrected chi connectivity index (χ2v) is 4.69. The second-order valence-electron chi connectivity index (χ2n) is 3.47. The van der Waals surface area contributed by atoms with E-state index < -0.39 is 5.97 Å². The van der Waals surface area contributed by atoms with Gasteiger partial charge in [0.25, 0.3) is 0 Å². The molecule has 0 spiro atoms. The minimum absolute atomic E-state index is 0.0418. The molecule has 1 heterocycles. The quantitative estimate of drug-likeness (QED) is 0.839. The van der Waals surface area contributed by atoms with Gasteiger partial charge in [-0.2, -0.15) is 0 Å². The molecule has 1 aliphatic rings. The van der Waals surface area contributed by atoms with Crippen molar-refractivity contribution in [2.24, 2.45) is 0 Å². The highest BCUT2D eigenvalue weighted by molar-refractivity contribution is 7.98. The van der Waals surface area contributed by atoms with Crippen molar-refractivity contribution in [1.82, 2.24) is 0 Å². The molecule has 0 amide bonds. The molecule has 0 radical (unpaired) electrons. The van der Waals surface area contributed by atoms with Crippen LogP contribution in [0.1, 0.15) is 27.1 Å². The SMILES string of the molecule is CSc1c(C(=O)O)cc(Cl)c2c1C(=O)CCO2. The third-order valence-corrected chi connectivity index (χ3v) is 3.59. The summed E-state index contributed by atoms with van der Waals surface area (Å²) in [7, 11) is 0. The minimum Gasteiger partial charge on any atom is -0.491 e. The number of carbonyl (C=O) groups excluding carboxylic acids is 1. The number of Topliss-reactive ketones (excluding diaryl/α,β-unsaturated/α-hetero) is 1. The summed E-state index contributed by atoms with van der Waals surface area (Å²) >= 11 is 7.15. The largest absolute Gasteiger partial charge is 0.491 e. The third-order valence-electron chi connectivity index (χ3n) is 2.48. The number of hydrogen-bond acceptors (Lipinski definition) is 4. The Kier molecular flexibility index (Phi) is 3.31. The number of rotatable bonds is 2. The monoisotopic (exact) mass is 272 g/mol. The normalized spacial score (nSPS) is 14.1. The smallest absolute Gasteiger partial charge is 0.336 e. The Morgan fingerprint density at radius 3 is 2.88 bits per heavy atom. The number of halogens is 1. The fraction of sp³-hybridized carbons (Fsp3) is 0.273. The van der Waals surface area contributed by atoms with Crippen LogP contribution in [-0.2, 0) is 0 Å². The maximum Gasteiger partial charge on any atom is 0.336 e. The van der Waals surface area contributed by atoms with Gasteiger partial charge in [0.1, 0.15) is 5.75 Å². The van der Waals surface area contributed by atoms with Crippen LogP contribution in [-0.4, -0.2) is 29.7 Å². The number of thioether (sulfide) groups is 1. The second kappa shape index (κ2) is 4.58. The molecule has 0 fully saturated rings. The standard InChI is InChI=1S/C11H9ClO4S/c1-17-10-5(11(14)15)4-6(12)9-8(10)7(13)2-3-16-9/h4H,2-3H2,1H3,(H,14,15). The van der Waals surface area contributed by atoms with Crippen molar-refractivity contribution >= 4 is 35.1 Å². The van der Waals surface area contributed by atoms with Crippen molar-refractivity contribution in [3.63, 3.8) is 0 Å². The van der Waals surface area contributed by atoms with Gasteiger partial charge in [-0.25, -0.2) is 4.79 Å². The van der Waals surface area contributed by atoms with E-state index in [0.29, 0.717) is 16.2 Å². The topological polar surface area (TPSA) is 63.6 Å². The van der Waals surface area contributed by atoms with Crippen LogP contribution in [0.4, 0.5) is 0 Å². The van der Waals surface area contributed by atoms with Gasteiger partial charge < -0.3 is 9.84 Å². The molecule has 0 aromatic heterocycles. The molecule has 0 saturated carbocycles. The molecule has 0 atom stereocenters. The summed E-state index contributed by atoms with van der Waals surface area (Å²) in [5.41, 5.74) is 0.341. The van der Waals surface area contributed by atoms with Gasteiger partial charge in [0.05, 0.1) is 22.8 Å². The van der Waals surface area contributed by atoms with Crippen molar-refractivity contribution in [2.75, 3.05) is 12.9 Å². The van der Waals surface area contributed by atoms with E-state index in [-0.39, 0.29) is 29.4 Å². The molecule has 0 aliphatic carbocycles. The highest BCUT2D eigenvalue weighted by Gasteiger charge is 2.28. The summed E-state index contributed by atoms with van der Waals surface area (Å²) in [6.45, 7) is 0.284.